The predicted molar refractivity (Wildman–Crippen MR) is 168 cm³/mol. The molecule has 4 heteroatoms. The molecule has 2 aromatic rings. The summed E-state index contributed by atoms with van der Waals surface area (Å²) < 4.78 is 8.31. The first-order valence-corrected chi connectivity index (χ1v) is 16.2. The van der Waals surface area contributed by atoms with Gasteiger partial charge in [-0.25, -0.2) is 4.57 Å². The monoisotopic (exact) mass is 551 g/mol. The van der Waals surface area contributed by atoms with Crippen molar-refractivity contribution in [2.75, 3.05) is 6.61 Å². The molecule has 0 bridgehead atoms. The first kappa shape index (κ1) is 33.8. The Kier molecular flexibility index (Phi) is 16.0. The Bertz CT molecular complexity index is 962. The molecule has 0 aliphatic carbocycles. The lowest BCUT2D eigenvalue weighted by Gasteiger charge is -2.26. The molecular formula is C36H59N2O2+. The lowest BCUT2D eigenvalue weighted by Crippen LogP contribution is -2.30. The molecule has 0 spiro atoms. The van der Waals surface area contributed by atoms with Crippen molar-refractivity contribution >= 4 is 5.91 Å². The third-order valence-electron chi connectivity index (χ3n) is 7.85. The lowest BCUT2D eigenvalue weighted by molar-refractivity contribution is -0.671. The van der Waals surface area contributed by atoms with Gasteiger partial charge < -0.3 is 9.64 Å². The summed E-state index contributed by atoms with van der Waals surface area (Å²) in [4.78, 5) is 14.3. The fraction of sp³-hybridized carbons (Fsp3) is 0.667. The highest BCUT2D eigenvalue weighted by atomic mass is 16.5. The minimum atomic E-state index is -0.0317. The van der Waals surface area contributed by atoms with Crippen LogP contribution in [0.25, 0.3) is 0 Å². The van der Waals surface area contributed by atoms with Gasteiger partial charge in [0.1, 0.15) is 12.8 Å². The van der Waals surface area contributed by atoms with E-state index in [2.05, 4.69) is 58.0 Å². The van der Waals surface area contributed by atoms with E-state index in [9.17, 15) is 4.79 Å². The summed E-state index contributed by atoms with van der Waals surface area (Å²) in [5, 5.41) is 0. The van der Waals surface area contributed by atoms with Gasteiger partial charge in [0.05, 0.1) is 6.61 Å². The number of hydrogen-bond acceptors (Lipinski definition) is 2. The van der Waals surface area contributed by atoms with E-state index in [0.717, 1.165) is 29.9 Å². The van der Waals surface area contributed by atoms with Crippen LogP contribution in [0.2, 0.25) is 0 Å². The molecule has 0 saturated heterocycles. The van der Waals surface area contributed by atoms with Gasteiger partial charge in [0.15, 0.2) is 12.4 Å². The van der Waals surface area contributed by atoms with Gasteiger partial charge in [-0.2, -0.15) is 0 Å². The lowest BCUT2D eigenvalue weighted by atomic mass is 9.85. The predicted octanol–water partition coefficient (Wildman–Crippen LogP) is 9.22. The van der Waals surface area contributed by atoms with Crippen LogP contribution in [0.15, 0.2) is 42.7 Å². The molecule has 1 aromatic heterocycles. The van der Waals surface area contributed by atoms with Gasteiger partial charge in [-0.05, 0) is 40.7 Å². The number of rotatable bonds is 20. The molecule has 1 aromatic carbocycles. The fourth-order valence-electron chi connectivity index (χ4n) is 5.22. The van der Waals surface area contributed by atoms with Gasteiger partial charge in [-0.1, -0.05) is 117 Å². The van der Waals surface area contributed by atoms with Crippen molar-refractivity contribution in [3.63, 3.8) is 0 Å². The summed E-state index contributed by atoms with van der Waals surface area (Å²) in [7, 11) is 2.00. The molecule has 224 valence electrons. The van der Waals surface area contributed by atoms with Gasteiger partial charge >= 0.3 is 0 Å². The second kappa shape index (κ2) is 18.9. The van der Waals surface area contributed by atoms with Crippen molar-refractivity contribution in [3.05, 3.63) is 59.4 Å². The average molecular weight is 552 g/mol. The molecule has 4 nitrogen and oxygen atoms in total. The summed E-state index contributed by atoms with van der Waals surface area (Å²) in [5.41, 5.74) is 3.46. The van der Waals surface area contributed by atoms with Crippen molar-refractivity contribution in [3.8, 4) is 5.75 Å². The third kappa shape index (κ3) is 13.8. The number of benzene rings is 1. The molecule has 2 rings (SSSR count). The molecule has 0 N–H and O–H groups in total. The zero-order valence-electron chi connectivity index (χ0n) is 26.8. The van der Waals surface area contributed by atoms with E-state index in [0.29, 0.717) is 13.1 Å². The van der Waals surface area contributed by atoms with E-state index in [1.54, 1.807) is 6.92 Å². The first-order valence-electron chi connectivity index (χ1n) is 16.2. The van der Waals surface area contributed by atoms with E-state index in [-0.39, 0.29) is 11.3 Å². The smallest absolute Gasteiger partial charge is 0.220 e. The molecule has 40 heavy (non-hydrogen) atoms. The Morgan fingerprint density at radius 2 is 1.25 bits per heavy atom. The maximum absolute atomic E-state index is 12.4. The molecule has 0 unspecified atom stereocenters. The average Bonchev–Trinajstić information content (AvgIpc) is 2.91. The molecule has 1 amide bonds. The number of carbonyl (C=O) groups is 1. The van der Waals surface area contributed by atoms with Gasteiger partial charge in [0.2, 0.25) is 5.91 Å². The Labute approximate surface area is 246 Å². The summed E-state index contributed by atoms with van der Waals surface area (Å²) in [6.07, 6.45) is 23.2. The second-order valence-corrected chi connectivity index (χ2v) is 12.8. The molecule has 0 radical (unpaired) electrons. The van der Waals surface area contributed by atoms with Crippen LogP contribution >= 0.6 is 0 Å². The number of carbonyl (C=O) groups excluding carboxylic acids is 1. The molecule has 0 saturated carbocycles. The van der Waals surface area contributed by atoms with Crippen LogP contribution in [0, 0.1) is 0 Å². The number of aryl methyl sites for hydroxylation is 1. The van der Waals surface area contributed by atoms with Gasteiger partial charge in [-0.3, -0.25) is 4.79 Å². The van der Waals surface area contributed by atoms with Crippen molar-refractivity contribution in [2.24, 2.45) is 7.05 Å². The number of amides is 1. The molecule has 1 heterocycles. The Hall–Kier alpha value is -2.36. The van der Waals surface area contributed by atoms with Gasteiger partial charge in [-0.15, -0.1) is 0 Å². The van der Waals surface area contributed by atoms with E-state index < -0.39 is 0 Å². The SMILES string of the molecule is CCCCCCCCCCCCCCCCOc1ccc(CN(Cc2cc[n+](C)cc2)C(C)=O)cc1C(C)(C)C. The minimum absolute atomic E-state index is 0.0317. The Balaban J connectivity index is 1.73. The Morgan fingerprint density at radius 3 is 1.75 bits per heavy atom. The van der Waals surface area contributed by atoms with Crippen LogP contribution in [-0.2, 0) is 30.3 Å². The van der Waals surface area contributed by atoms with Crippen molar-refractivity contribution in [2.45, 2.75) is 143 Å². The van der Waals surface area contributed by atoms with Crippen LogP contribution in [0.5, 0.6) is 5.75 Å². The van der Waals surface area contributed by atoms with E-state index in [4.69, 9.17) is 4.74 Å². The number of nitrogens with zero attached hydrogens (tertiary/aromatic N) is 2. The zero-order valence-corrected chi connectivity index (χ0v) is 26.8. The third-order valence-corrected chi connectivity index (χ3v) is 7.85. The van der Waals surface area contributed by atoms with E-state index >= 15 is 0 Å². The van der Waals surface area contributed by atoms with Crippen LogP contribution in [-0.4, -0.2) is 17.4 Å². The van der Waals surface area contributed by atoms with Crippen molar-refractivity contribution in [1.82, 2.24) is 4.90 Å². The number of unbranched alkanes of at least 4 members (excludes halogenated alkanes) is 13. The number of ether oxygens (including phenoxy) is 1. The second-order valence-electron chi connectivity index (χ2n) is 12.8. The van der Waals surface area contributed by atoms with E-state index in [1.165, 1.54) is 89.0 Å². The standard InChI is InChI=1S/C36H59N2O2/c1-7-8-9-10-11-12-13-14-15-16-17-18-19-20-27-40-35-22-21-33(28-34(35)36(3,4)5)30-38(31(2)39)29-32-23-25-37(6)26-24-32/h21-26,28H,7-20,27,29-30H2,1-6H3/q+1. The van der Waals surface area contributed by atoms with Crippen molar-refractivity contribution < 1.29 is 14.1 Å². The summed E-state index contributed by atoms with van der Waals surface area (Å²) in [6, 6.07) is 10.6. The topological polar surface area (TPSA) is 33.4 Å². The van der Waals surface area contributed by atoms with Crippen LogP contribution in [0.1, 0.15) is 141 Å². The highest BCUT2D eigenvalue weighted by Crippen LogP contribution is 2.33. The van der Waals surface area contributed by atoms with Crippen LogP contribution < -0.4 is 9.30 Å². The normalized spacial score (nSPS) is 11.6. The van der Waals surface area contributed by atoms with Gasteiger partial charge in [0.25, 0.3) is 0 Å². The zero-order chi connectivity index (χ0) is 29.2. The van der Waals surface area contributed by atoms with Gasteiger partial charge in [0, 0.05) is 32.1 Å². The Morgan fingerprint density at radius 1 is 0.750 bits per heavy atom. The summed E-state index contributed by atoms with van der Waals surface area (Å²) in [6.45, 7) is 12.6. The summed E-state index contributed by atoms with van der Waals surface area (Å²) in [5.74, 6) is 1.07. The first-order chi connectivity index (χ1) is 19.2. The molecule has 0 aliphatic heterocycles. The number of pyridine rings is 1. The van der Waals surface area contributed by atoms with Crippen LogP contribution in [0.4, 0.5) is 0 Å². The number of aromatic nitrogens is 1. The minimum Gasteiger partial charge on any atom is -0.493 e. The summed E-state index contributed by atoms with van der Waals surface area (Å²) >= 11 is 0. The largest absolute Gasteiger partial charge is 0.493 e. The fourth-order valence-corrected chi connectivity index (χ4v) is 5.22. The highest BCUT2D eigenvalue weighted by molar-refractivity contribution is 5.73. The maximum Gasteiger partial charge on any atom is 0.220 e. The highest BCUT2D eigenvalue weighted by Gasteiger charge is 2.21. The van der Waals surface area contributed by atoms with Crippen LogP contribution in [0.3, 0.4) is 0 Å². The maximum atomic E-state index is 12.4. The quantitative estimate of drug-likeness (QED) is 0.121. The molecule has 0 fully saturated rings. The number of hydrogen-bond donors (Lipinski definition) is 0. The van der Waals surface area contributed by atoms with Crippen molar-refractivity contribution in [1.29, 1.82) is 0 Å². The molecular weight excluding hydrogens is 492 g/mol. The molecule has 0 atom stereocenters. The van der Waals surface area contributed by atoms with E-state index in [1.807, 2.05) is 28.9 Å². The molecule has 0 aliphatic rings.